The average molecular weight is 289 g/mol. The van der Waals surface area contributed by atoms with E-state index < -0.39 is 13.2 Å². The number of rotatable bonds is 4. The third-order valence-corrected chi connectivity index (χ3v) is 1.96. The third-order valence-electron chi connectivity index (χ3n) is 1.34. The number of halogens is 5. The first-order chi connectivity index (χ1) is 6.99. The summed E-state index contributed by atoms with van der Waals surface area (Å²) in [6.07, 6.45) is 0. The second kappa shape index (κ2) is 5.20. The minimum absolute atomic E-state index is 0.112. The van der Waals surface area contributed by atoms with E-state index in [1.807, 2.05) is 0 Å². The predicted molar refractivity (Wildman–Crippen MR) is 47.4 cm³/mol. The van der Waals surface area contributed by atoms with Crippen LogP contribution in [-0.2, 0) is 0 Å². The van der Waals surface area contributed by atoms with Crippen LogP contribution in [0.2, 0.25) is 0 Å². The van der Waals surface area contributed by atoms with Crippen LogP contribution in [0.25, 0.3) is 0 Å². The highest BCUT2D eigenvalue weighted by Gasteiger charge is 2.10. The Kier molecular flexibility index (Phi) is 4.19. The van der Waals surface area contributed by atoms with Crippen LogP contribution < -0.4 is 9.47 Å². The summed E-state index contributed by atoms with van der Waals surface area (Å²) in [5, 5.41) is 0. The summed E-state index contributed by atoms with van der Waals surface area (Å²) < 4.78 is 55.4. The summed E-state index contributed by atoms with van der Waals surface area (Å²) >= 11 is 2.88. The van der Waals surface area contributed by atoms with E-state index in [9.17, 15) is 17.6 Å². The zero-order valence-electron chi connectivity index (χ0n) is 7.09. The van der Waals surface area contributed by atoms with Gasteiger partial charge < -0.3 is 9.47 Å². The van der Waals surface area contributed by atoms with Gasteiger partial charge in [-0.1, -0.05) is 0 Å². The maximum atomic E-state index is 11.8. The monoisotopic (exact) mass is 288 g/mol. The summed E-state index contributed by atoms with van der Waals surface area (Å²) in [4.78, 5) is 0. The molecule has 0 spiro atoms. The Morgan fingerprint density at radius 3 is 2.07 bits per heavy atom. The number of benzene rings is 1. The Labute approximate surface area is 90.9 Å². The summed E-state index contributed by atoms with van der Waals surface area (Å²) in [7, 11) is 0. The van der Waals surface area contributed by atoms with Gasteiger partial charge in [0.05, 0.1) is 4.47 Å². The molecule has 7 heteroatoms. The van der Waals surface area contributed by atoms with E-state index in [4.69, 9.17) is 0 Å². The van der Waals surface area contributed by atoms with Crippen LogP contribution in [0.3, 0.4) is 0 Å². The average Bonchev–Trinajstić information content (AvgIpc) is 2.08. The summed E-state index contributed by atoms with van der Waals surface area (Å²) in [5.41, 5.74) is 0. The van der Waals surface area contributed by atoms with E-state index in [1.54, 1.807) is 0 Å². The lowest BCUT2D eigenvalue weighted by Gasteiger charge is -2.09. The molecule has 0 aliphatic carbocycles. The molecule has 0 atom stereocenters. The van der Waals surface area contributed by atoms with E-state index in [2.05, 4.69) is 25.4 Å². The van der Waals surface area contributed by atoms with Crippen molar-refractivity contribution in [2.45, 2.75) is 13.2 Å². The van der Waals surface area contributed by atoms with Crippen molar-refractivity contribution in [2.24, 2.45) is 0 Å². The Balaban J connectivity index is 2.78. The molecule has 0 N–H and O–H groups in total. The molecule has 0 aliphatic heterocycles. The van der Waals surface area contributed by atoms with Gasteiger partial charge in [0.1, 0.15) is 11.5 Å². The highest BCUT2D eigenvalue weighted by atomic mass is 79.9. The maximum absolute atomic E-state index is 11.8. The fourth-order valence-corrected chi connectivity index (χ4v) is 1.30. The molecule has 0 aromatic heterocycles. The lowest BCUT2D eigenvalue weighted by molar-refractivity contribution is -0.0534. The lowest BCUT2D eigenvalue weighted by atomic mass is 10.3. The minimum Gasteiger partial charge on any atom is -0.435 e. The van der Waals surface area contributed by atoms with Crippen molar-refractivity contribution in [1.29, 1.82) is 0 Å². The van der Waals surface area contributed by atoms with Gasteiger partial charge in [-0.25, -0.2) is 0 Å². The first-order valence-corrected chi connectivity index (χ1v) is 4.47. The number of ether oxygens (including phenoxy) is 2. The van der Waals surface area contributed by atoms with Gasteiger partial charge in [0, 0.05) is 0 Å². The first-order valence-electron chi connectivity index (χ1n) is 3.68. The molecule has 0 unspecified atom stereocenters. The summed E-state index contributed by atoms with van der Waals surface area (Å²) in [6.45, 7) is -5.93. The molecule has 0 bridgehead atoms. The predicted octanol–water partition coefficient (Wildman–Crippen LogP) is 3.65. The SMILES string of the molecule is FC(F)Oc1ccc(OC(F)F)c(Br)c1. The summed E-state index contributed by atoms with van der Waals surface area (Å²) in [5.74, 6) is -0.287. The lowest BCUT2D eigenvalue weighted by Crippen LogP contribution is -2.04. The fraction of sp³-hybridized carbons (Fsp3) is 0.250. The van der Waals surface area contributed by atoms with Crippen molar-refractivity contribution in [3.8, 4) is 11.5 Å². The molecule has 0 saturated carbocycles. The van der Waals surface area contributed by atoms with Crippen LogP contribution in [0.4, 0.5) is 17.6 Å². The highest BCUT2D eigenvalue weighted by Crippen LogP contribution is 2.30. The van der Waals surface area contributed by atoms with Crippen LogP contribution in [0, 0.1) is 0 Å². The van der Waals surface area contributed by atoms with Gasteiger partial charge in [-0.05, 0) is 34.1 Å². The van der Waals surface area contributed by atoms with Crippen LogP contribution in [0.15, 0.2) is 22.7 Å². The van der Waals surface area contributed by atoms with Gasteiger partial charge in [0.25, 0.3) is 0 Å². The molecule has 1 rings (SSSR count). The normalized spacial score (nSPS) is 10.9. The van der Waals surface area contributed by atoms with E-state index in [-0.39, 0.29) is 16.0 Å². The fourth-order valence-electron chi connectivity index (χ4n) is 0.849. The number of alkyl halides is 4. The number of hydrogen-bond donors (Lipinski definition) is 0. The molecule has 0 aliphatic rings. The largest absolute Gasteiger partial charge is 0.435 e. The topological polar surface area (TPSA) is 18.5 Å². The number of hydrogen-bond acceptors (Lipinski definition) is 2. The molecule has 84 valence electrons. The molecule has 0 radical (unpaired) electrons. The third kappa shape index (κ3) is 3.94. The Morgan fingerprint density at radius 2 is 1.60 bits per heavy atom. The van der Waals surface area contributed by atoms with Crippen molar-refractivity contribution in [2.75, 3.05) is 0 Å². The summed E-state index contributed by atoms with van der Waals surface area (Å²) in [6, 6.07) is 3.33. The minimum atomic E-state index is -2.97. The van der Waals surface area contributed by atoms with E-state index >= 15 is 0 Å². The second-order valence-electron chi connectivity index (χ2n) is 2.35. The molecule has 0 heterocycles. The zero-order valence-corrected chi connectivity index (χ0v) is 8.68. The van der Waals surface area contributed by atoms with Gasteiger partial charge in [0.2, 0.25) is 0 Å². The Hall–Kier alpha value is -0.980. The van der Waals surface area contributed by atoms with Crippen molar-refractivity contribution in [1.82, 2.24) is 0 Å². The van der Waals surface area contributed by atoms with Gasteiger partial charge in [-0.3, -0.25) is 0 Å². The molecule has 1 aromatic carbocycles. The maximum Gasteiger partial charge on any atom is 0.387 e. The molecule has 15 heavy (non-hydrogen) atoms. The molecule has 0 fully saturated rings. The van der Waals surface area contributed by atoms with Crippen molar-refractivity contribution in [3.63, 3.8) is 0 Å². The van der Waals surface area contributed by atoms with Crippen molar-refractivity contribution in [3.05, 3.63) is 22.7 Å². The molecule has 0 amide bonds. The van der Waals surface area contributed by atoms with Crippen LogP contribution in [0.1, 0.15) is 0 Å². The van der Waals surface area contributed by atoms with Crippen molar-refractivity contribution < 1.29 is 27.0 Å². The van der Waals surface area contributed by atoms with E-state index in [0.717, 1.165) is 18.2 Å². The molecule has 2 nitrogen and oxygen atoms in total. The zero-order chi connectivity index (χ0) is 11.4. The highest BCUT2D eigenvalue weighted by molar-refractivity contribution is 9.10. The van der Waals surface area contributed by atoms with E-state index in [0.29, 0.717) is 0 Å². The standard InChI is InChI=1S/C8H5BrF4O2/c9-5-3-4(14-7(10)11)1-2-6(5)15-8(12)13/h1-3,7-8H. The van der Waals surface area contributed by atoms with Gasteiger partial charge in [0.15, 0.2) is 0 Å². The second-order valence-corrected chi connectivity index (χ2v) is 3.20. The Morgan fingerprint density at radius 1 is 1.00 bits per heavy atom. The van der Waals surface area contributed by atoms with Crippen molar-refractivity contribution >= 4 is 15.9 Å². The van der Waals surface area contributed by atoms with Crippen LogP contribution >= 0.6 is 15.9 Å². The molecule has 0 saturated heterocycles. The Bertz CT molecular complexity index is 332. The van der Waals surface area contributed by atoms with Gasteiger partial charge in [-0.2, -0.15) is 17.6 Å². The quantitative estimate of drug-likeness (QED) is 0.788. The smallest absolute Gasteiger partial charge is 0.387 e. The first kappa shape index (κ1) is 12.1. The van der Waals surface area contributed by atoms with Gasteiger partial charge >= 0.3 is 13.2 Å². The molecular weight excluding hydrogens is 284 g/mol. The molecule has 1 aromatic rings. The van der Waals surface area contributed by atoms with Crippen LogP contribution in [0.5, 0.6) is 11.5 Å². The molecular formula is C8H5BrF4O2. The van der Waals surface area contributed by atoms with Gasteiger partial charge in [-0.15, -0.1) is 0 Å². The van der Waals surface area contributed by atoms with Crippen LogP contribution in [-0.4, -0.2) is 13.2 Å². The van der Waals surface area contributed by atoms with E-state index in [1.165, 1.54) is 0 Å².